The summed E-state index contributed by atoms with van der Waals surface area (Å²) in [6, 6.07) is 5.71. The van der Waals surface area contributed by atoms with E-state index in [-0.39, 0.29) is 23.6 Å². The number of sulfone groups is 1. The minimum Gasteiger partial charge on any atom is -0.329 e. The van der Waals surface area contributed by atoms with Crippen LogP contribution in [0.15, 0.2) is 24.4 Å². The molecule has 1 fully saturated rings. The van der Waals surface area contributed by atoms with Crippen molar-refractivity contribution < 1.29 is 8.42 Å². The van der Waals surface area contributed by atoms with E-state index in [2.05, 4.69) is 9.88 Å². The maximum atomic E-state index is 11.6. The van der Waals surface area contributed by atoms with Crippen LogP contribution in [0, 0.1) is 0 Å². The third-order valence-corrected chi connectivity index (χ3v) is 5.17. The fraction of sp³-hybridized carbons (Fsp3) is 0.583. The minimum atomic E-state index is -2.89. The van der Waals surface area contributed by atoms with E-state index in [0.717, 1.165) is 5.69 Å². The summed E-state index contributed by atoms with van der Waals surface area (Å²) in [5.41, 5.74) is 6.74. The molecule has 5 nitrogen and oxygen atoms in total. The van der Waals surface area contributed by atoms with Gasteiger partial charge in [-0.2, -0.15) is 0 Å². The van der Waals surface area contributed by atoms with Crippen molar-refractivity contribution in [2.24, 2.45) is 5.73 Å². The molecule has 2 heterocycles. The first-order chi connectivity index (χ1) is 8.53. The molecule has 0 aromatic carbocycles. The van der Waals surface area contributed by atoms with E-state index < -0.39 is 9.84 Å². The molecule has 2 atom stereocenters. The first-order valence-electron chi connectivity index (χ1n) is 6.10. The molecule has 6 heteroatoms. The summed E-state index contributed by atoms with van der Waals surface area (Å²) in [6.45, 7) is 2.91. The summed E-state index contributed by atoms with van der Waals surface area (Å²) < 4.78 is 23.2. The highest BCUT2D eigenvalue weighted by Crippen LogP contribution is 2.23. The molecule has 1 aliphatic rings. The molecule has 1 aromatic rings. The van der Waals surface area contributed by atoms with Gasteiger partial charge in [0.15, 0.2) is 9.84 Å². The summed E-state index contributed by atoms with van der Waals surface area (Å²) in [5, 5.41) is 0. The topological polar surface area (TPSA) is 76.3 Å². The number of hydrogen-bond acceptors (Lipinski definition) is 5. The van der Waals surface area contributed by atoms with Crippen molar-refractivity contribution in [3.8, 4) is 0 Å². The molecule has 100 valence electrons. The van der Waals surface area contributed by atoms with Gasteiger partial charge in [-0.15, -0.1) is 0 Å². The molecule has 0 amide bonds. The lowest BCUT2D eigenvalue weighted by Gasteiger charge is -2.38. The number of rotatable bonds is 3. The molecule has 2 N–H and O–H groups in total. The highest BCUT2D eigenvalue weighted by Gasteiger charge is 2.33. The van der Waals surface area contributed by atoms with E-state index in [0.29, 0.717) is 13.1 Å². The fourth-order valence-electron chi connectivity index (χ4n) is 2.47. The summed E-state index contributed by atoms with van der Waals surface area (Å²) in [5.74, 6) is 0.414. The molecule has 2 rings (SSSR count). The van der Waals surface area contributed by atoms with Crippen LogP contribution in [-0.2, 0) is 9.84 Å². The highest BCUT2D eigenvalue weighted by molar-refractivity contribution is 7.91. The third-order valence-electron chi connectivity index (χ3n) is 3.37. The third kappa shape index (κ3) is 2.88. The van der Waals surface area contributed by atoms with E-state index in [9.17, 15) is 8.42 Å². The Morgan fingerprint density at radius 1 is 1.56 bits per heavy atom. The maximum Gasteiger partial charge on any atom is 0.153 e. The van der Waals surface area contributed by atoms with Crippen molar-refractivity contribution >= 4 is 9.84 Å². The quantitative estimate of drug-likeness (QED) is 0.848. The molecule has 18 heavy (non-hydrogen) atoms. The van der Waals surface area contributed by atoms with Gasteiger partial charge in [0.25, 0.3) is 0 Å². The van der Waals surface area contributed by atoms with Gasteiger partial charge in [0.2, 0.25) is 0 Å². The number of nitrogens with zero attached hydrogens (tertiary/aromatic N) is 2. The number of hydrogen-bond donors (Lipinski definition) is 1. The van der Waals surface area contributed by atoms with E-state index >= 15 is 0 Å². The summed E-state index contributed by atoms with van der Waals surface area (Å²) in [6.07, 6.45) is 1.74. The zero-order valence-corrected chi connectivity index (χ0v) is 11.3. The Labute approximate surface area is 108 Å². The lowest BCUT2D eigenvalue weighted by atomic mass is 10.1. The second-order valence-corrected chi connectivity index (χ2v) is 6.94. The van der Waals surface area contributed by atoms with E-state index in [1.54, 1.807) is 6.20 Å². The summed E-state index contributed by atoms with van der Waals surface area (Å²) in [7, 11) is -2.89. The molecule has 0 saturated carbocycles. The van der Waals surface area contributed by atoms with E-state index in [1.165, 1.54) is 0 Å². The summed E-state index contributed by atoms with van der Waals surface area (Å²) >= 11 is 0. The first kappa shape index (κ1) is 13.5. The Hall–Kier alpha value is -0.980. The van der Waals surface area contributed by atoms with Crippen molar-refractivity contribution in [1.29, 1.82) is 0 Å². The minimum absolute atomic E-state index is 0.00306. The van der Waals surface area contributed by atoms with Gasteiger partial charge >= 0.3 is 0 Å². The molecule has 1 saturated heterocycles. The molecular weight excluding hydrogens is 250 g/mol. The van der Waals surface area contributed by atoms with Gasteiger partial charge in [-0.1, -0.05) is 6.07 Å². The molecular formula is C12H19N3O2S. The lowest BCUT2D eigenvalue weighted by molar-refractivity contribution is 0.159. The van der Waals surface area contributed by atoms with Crippen LogP contribution in [0.5, 0.6) is 0 Å². The Kier molecular flexibility index (Phi) is 3.99. The van der Waals surface area contributed by atoms with E-state index in [1.807, 2.05) is 25.1 Å². The monoisotopic (exact) mass is 269 g/mol. The fourth-order valence-corrected chi connectivity index (χ4v) is 4.06. The second-order valence-electron chi connectivity index (χ2n) is 4.71. The van der Waals surface area contributed by atoms with Crippen LogP contribution in [0.3, 0.4) is 0 Å². The van der Waals surface area contributed by atoms with E-state index in [4.69, 9.17) is 5.73 Å². The molecule has 0 aliphatic carbocycles. The second kappa shape index (κ2) is 5.34. The van der Waals surface area contributed by atoms with Crippen LogP contribution < -0.4 is 5.73 Å². The first-order valence-corrected chi connectivity index (χ1v) is 7.93. The number of aromatic nitrogens is 1. The Morgan fingerprint density at radius 2 is 2.33 bits per heavy atom. The molecule has 2 unspecified atom stereocenters. The zero-order valence-electron chi connectivity index (χ0n) is 10.5. The molecule has 0 radical (unpaired) electrons. The molecule has 1 aliphatic heterocycles. The van der Waals surface area contributed by atoms with Gasteiger partial charge in [-0.25, -0.2) is 8.42 Å². The molecule has 0 bridgehead atoms. The van der Waals surface area contributed by atoms with Crippen LogP contribution in [0.4, 0.5) is 0 Å². The highest BCUT2D eigenvalue weighted by atomic mass is 32.2. The van der Waals surface area contributed by atoms with Gasteiger partial charge in [-0.05, 0) is 19.1 Å². The SMILES string of the molecule is CC1CS(=O)(=O)CCN1C(CN)c1ccccn1. The smallest absolute Gasteiger partial charge is 0.153 e. The average molecular weight is 269 g/mol. The summed E-state index contributed by atoms with van der Waals surface area (Å²) in [4.78, 5) is 6.47. The normalized spacial score (nSPS) is 25.8. The largest absolute Gasteiger partial charge is 0.329 e. The van der Waals surface area contributed by atoms with Crippen molar-refractivity contribution in [2.45, 2.75) is 19.0 Å². The number of pyridine rings is 1. The number of nitrogens with two attached hydrogens (primary N) is 1. The van der Waals surface area contributed by atoms with Crippen molar-refractivity contribution in [3.63, 3.8) is 0 Å². The van der Waals surface area contributed by atoms with Gasteiger partial charge in [-0.3, -0.25) is 9.88 Å². The zero-order chi connectivity index (χ0) is 13.2. The van der Waals surface area contributed by atoms with Crippen LogP contribution in [-0.4, -0.2) is 48.9 Å². The van der Waals surface area contributed by atoms with Gasteiger partial charge in [0.05, 0.1) is 23.2 Å². The van der Waals surface area contributed by atoms with Crippen LogP contribution in [0.2, 0.25) is 0 Å². The van der Waals surface area contributed by atoms with Gasteiger partial charge in [0, 0.05) is 25.3 Å². The van der Waals surface area contributed by atoms with Crippen LogP contribution in [0.25, 0.3) is 0 Å². The lowest BCUT2D eigenvalue weighted by Crippen LogP contribution is -2.50. The average Bonchev–Trinajstić information content (AvgIpc) is 2.33. The Balaban J connectivity index is 2.19. The van der Waals surface area contributed by atoms with Crippen LogP contribution in [0.1, 0.15) is 18.7 Å². The maximum absolute atomic E-state index is 11.6. The van der Waals surface area contributed by atoms with Crippen molar-refractivity contribution in [3.05, 3.63) is 30.1 Å². The molecule has 1 aromatic heterocycles. The van der Waals surface area contributed by atoms with Crippen molar-refractivity contribution in [2.75, 3.05) is 24.6 Å². The van der Waals surface area contributed by atoms with Crippen LogP contribution >= 0.6 is 0 Å². The predicted octanol–water partition coefficient (Wildman–Crippen LogP) is 0.200. The van der Waals surface area contributed by atoms with Gasteiger partial charge < -0.3 is 5.73 Å². The Bertz CT molecular complexity index is 489. The van der Waals surface area contributed by atoms with Crippen molar-refractivity contribution in [1.82, 2.24) is 9.88 Å². The Morgan fingerprint density at radius 3 is 2.89 bits per heavy atom. The molecule has 0 spiro atoms. The standard InChI is InChI=1S/C12H19N3O2S/c1-10-9-18(16,17)7-6-15(10)12(8-13)11-4-2-3-5-14-11/h2-5,10,12H,6-9,13H2,1H3. The van der Waals surface area contributed by atoms with Gasteiger partial charge in [0.1, 0.15) is 0 Å². The predicted molar refractivity (Wildman–Crippen MR) is 70.9 cm³/mol.